The second-order valence-electron chi connectivity index (χ2n) is 1.29. The highest BCUT2D eigenvalue weighted by Gasteiger charge is 1.78. The molecule has 0 aliphatic heterocycles. The van der Waals surface area contributed by atoms with Crippen LogP contribution < -0.4 is 0 Å². The highest BCUT2D eigenvalue weighted by Crippen LogP contribution is 1.82. The zero-order chi connectivity index (χ0) is 5.70. The van der Waals surface area contributed by atoms with Gasteiger partial charge in [0.1, 0.15) is 0 Å². The van der Waals surface area contributed by atoms with Crippen LogP contribution in [0.5, 0.6) is 0 Å². The van der Waals surface area contributed by atoms with E-state index in [1.807, 2.05) is 13.8 Å². The fourth-order valence-corrected chi connectivity index (χ4v) is 0.156. The summed E-state index contributed by atoms with van der Waals surface area (Å²) in [6.07, 6.45) is 0.877. The Morgan fingerprint density at radius 3 is 2.43 bits per heavy atom. The molecule has 0 bridgehead atoms. The predicted octanol–water partition coefficient (Wildman–Crippen LogP) is 1.80. The van der Waals surface area contributed by atoms with E-state index < -0.39 is 0 Å². The lowest BCUT2D eigenvalue weighted by Crippen LogP contribution is -1.82. The molecule has 0 heterocycles. The molecular formula is C4H9N3. The lowest BCUT2D eigenvalue weighted by molar-refractivity contribution is 0.976. The fraction of sp³-hybridized carbons (Fsp3) is 0.750. The van der Waals surface area contributed by atoms with E-state index in [1.165, 1.54) is 0 Å². The Morgan fingerprint density at radius 1 is 1.71 bits per heavy atom. The molecule has 0 radical (unpaired) electrons. The van der Waals surface area contributed by atoms with Crippen LogP contribution in [0.1, 0.15) is 20.3 Å². The van der Waals surface area contributed by atoms with E-state index in [1.54, 1.807) is 0 Å². The van der Waals surface area contributed by atoms with Crippen molar-refractivity contribution in [3.05, 3.63) is 0 Å². The van der Waals surface area contributed by atoms with Gasteiger partial charge < -0.3 is 0 Å². The summed E-state index contributed by atoms with van der Waals surface area (Å²) in [5, 5.41) is 6.30. The van der Waals surface area contributed by atoms with Crippen LogP contribution in [0.2, 0.25) is 0 Å². The van der Waals surface area contributed by atoms with Crippen LogP contribution in [-0.4, -0.2) is 5.71 Å². The number of nitrogens with one attached hydrogen (secondary N) is 1. The Hall–Kier alpha value is -0.730. The van der Waals surface area contributed by atoms with E-state index >= 15 is 0 Å². The minimum atomic E-state index is 0.877. The van der Waals surface area contributed by atoms with Crippen molar-refractivity contribution >= 4 is 5.71 Å². The van der Waals surface area contributed by atoms with Crippen molar-refractivity contribution < 1.29 is 0 Å². The molecule has 0 rings (SSSR count). The third kappa shape index (κ3) is 3.09. The van der Waals surface area contributed by atoms with Crippen molar-refractivity contribution in [1.82, 2.24) is 0 Å². The van der Waals surface area contributed by atoms with Crippen LogP contribution in [-0.2, 0) is 0 Å². The van der Waals surface area contributed by atoms with E-state index in [9.17, 15) is 0 Å². The van der Waals surface area contributed by atoms with Gasteiger partial charge in [0.25, 0.3) is 0 Å². The van der Waals surface area contributed by atoms with E-state index in [-0.39, 0.29) is 0 Å². The van der Waals surface area contributed by atoms with Crippen LogP contribution in [0, 0.1) is 5.53 Å². The maximum absolute atomic E-state index is 6.27. The van der Waals surface area contributed by atoms with E-state index in [0.717, 1.165) is 12.1 Å². The topological polar surface area (TPSA) is 48.6 Å². The van der Waals surface area contributed by atoms with Gasteiger partial charge in [-0.25, -0.2) is 0 Å². The molecule has 0 aliphatic rings. The molecule has 0 atom stereocenters. The average molecular weight is 99.1 g/mol. The van der Waals surface area contributed by atoms with Crippen molar-refractivity contribution in [3.8, 4) is 0 Å². The Labute approximate surface area is 42.9 Å². The molecule has 0 amide bonds. The standard InChI is InChI=1S/C4H9N3/c1-3-4(2)6-7-5/h5H,3H2,1-2H3/b6-4+,7-5?. The maximum atomic E-state index is 6.27. The lowest BCUT2D eigenvalue weighted by Gasteiger charge is -1.82. The van der Waals surface area contributed by atoms with Gasteiger partial charge in [0.2, 0.25) is 0 Å². The molecule has 0 aromatic heterocycles. The highest BCUT2D eigenvalue weighted by molar-refractivity contribution is 5.81. The maximum Gasteiger partial charge on any atom is 0.0390 e. The van der Waals surface area contributed by atoms with Crippen molar-refractivity contribution in [2.45, 2.75) is 20.3 Å². The normalized spacial score (nSPS) is 11.4. The molecule has 0 fully saturated rings. The number of rotatable bonds is 2. The molecule has 1 N–H and O–H groups in total. The SMILES string of the molecule is CC/C(C)=N/N=N. The minimum absolute atomic E-state index is 0.877. The quantitative estimate of drug-likeness (QED) is 0.312. The monoisotopic (exact) mass is 99.1 g/mol. The summed E-state index contributed by atoms with van der Waals surface area (Å²) in [6.45, 7) is 3.82. The first-order valence-corrected chi connectivity index (χ1v) is 2.21. The fourth-order valence-electron chi connectivity index (χ4n) is 0.156. The number of nitrogens with zero attached hydrogens (tertiary/aromatic N) is 2. The Bertz CT molecular complexity index is 84.9. The third-order valence-corrected chi connectivity index (χ3v) is 0.732. The Balaban J connectivity index is 3.49. The number of hydrogen-bond donors (Lipinski definition) is 1. The molecule has 7 heavy (non-hydrogen) atoms. The molecule has 0 saturated carbocycles. The van der Waals surface area contributed by atoms with Crippen LogP contribution in [0.15, 0.2) is 10.3 Å². The zero-order valence-electron chi connectivity index (χ0n) is 4.60. The first-order chi connectivity index (χ1) is 3.31. The van der Waals surface area contributed by atoms with E-state index in [2.05, 4.69) is 10.3 Å². The van der Waals surface area contributed by atoms with Gasteiger partial charge in [0.15, 0.2) is 0 Å². The smallest absolute Gasteiger partial charge is 0.0390 e. The summed E-state index contributed by atoms with van der Waals surface area (Å²) in [7, 11) is 0. The van der Waals surface area contributed by atoms with E-state index in [4.69, 9.17) is 5.53 Å². The van der Waals surface area contributed by atoms with E-state index in [0.29, 0.717) is 0 Å². The lowest BCUT2D eigenvalue weighted by atomic mass is 10.3. The molecule has 0 aliphatic carbocycles. The Kier molecular flexibility index (Phi) is 3.10. The van der Waals surface area contributed by atoms with Crippen molar-refractivity contribution in [2.75, 3.05) is 0 Å². The first-order valence-electron chi connectivity index (χ1n) is 2.21. The van der Waals surface area contributed by atoms with Crippen LogP contribution in [0.4, 0.5) is 0 Å². The van der Waals surface area contributed by atoms with Gasteiger partial charge in [-0.05, 0) is 13.3 Å². The van der Waals surface area contributed by atoms with Crippen molar-refractivity contribution in [3.63, 3.8) is 0 Å². The molecule has 3 heteroatoms. The number of hydrogen-bond acceptors (Lipinski definition) is 2. The molecule has 0 spiro atoms. The van der Waals surface area contributed by atoms with Crippen molar-refractivity contribution in [1.29, 1.82) is 5.53 Å². The molecular weight excluding hydrogens is 90.1 g/mol. The average Bonchev–Trinajstić information content (AvgIpc) is 1.68. The Morgan fingerprint density at radius 2 is 2.29 bits per heavy atom. The van der Waals surface area contributed by atoms with Crippen molar-refractivity contribution in [2.24, 2.45) is 10.3 Å². The molecule has 0 unspecified atom stereocenters. The van der Waals surface area contributed by atoms with Crippen LogP contribution >= 0.6 is 0 Å². The highest BCUT2D eigenvalue weighted by atomic mass is 15.3. The second kappa shape index (κ2) is 3.46. The molecule has 0 saturated heterocycles. The second-order valence-corrected chi connectivity index (χ2v) is 1.29. The summed E-state index contributed by atoms with van der Waals surface area (Å²) in [5.41, 5.74) is 7.17. The summed E-state index contributed by atoms with van der Waals surface area (Å²) in [6, 6.07) is 0. The molecule has 3 nitrogen and oxygen atoms in total. The van der Waals surface area contributed by atoms with Gasteiger partial charge in [0.05, 0.1) is 0 Å². The van der Waals surface area contributed by atoms with Gasteiger partial charge in [-0.3, -0.25) is 0 Å². The summed E-state index contributed by atoms with van der Waals surface area (Å²) < 4.78 is 0. The molecule has 0 aromatic carbocycles. The van der Waals surface area contributed by atoms with Crippen LogP contribution in [0.25, 0.3) is 0 Å². The first kappa shape index (κ1) is 6.27. The minimum Gasteiger partial charge on any atom is -0.185 e. The van der Waals surface area contributed by atoms with Gasteiger partial charge in [0, 0.05) is 5.71 Å². The van der Waals surface area contributed by atoms with Crippen LogP contribution in [0.3, 0.4) is 0 Å². The van der Waals surface area contributed by atoms with Gasteiger partial charge in [-0.1, -0.05) is 12.1 Å². The summed E-state index contributed by atoms with van der Waals surface area (Å²) in [4.78, 5) is 0. The summed E-state index contributed by atoms with van der Waals surface area (Å²) >= 11 is 0. The largest absolute Gasteiger partial charge is 0.185 e. The molecule has 0 aromatic rings. The summed E-state index contributed by atoms with van der Waals surface area (Å²) in [5.74, 6) is 0. The van der Waals surface area contributed by atoms with Gasteiger partial charge in [-0.2, -0.15) is 5.53 Å². The molecule has 40 valence electrons. The van der Waals surface area contributed by atoms with Gasteiger partial charge in [-0.15, -0.1) is 5.10 Å². The predicted molar refractivity (Wildman–Crippen MR) is 28.5 cm³/mol. The van der Waals surface area contributed by atoms with Gasteiger partial charge >= 0.3 is 0 Å². The zero-order valence-corrected chi connectivity index (χ0v) is 4.60. The third-order valence-electron chi connectivity index (χ3n) is 0.732.